The molecule has 0 unspecified atom stereocenters. The number of rotatable bonds is 3. The molecule has 6 nitrogen and oxygen atoms in total. The SMILES string of the molecule is COC(=O)c1ccc2c(=O)on(CCO)c2c1. The standard InChI is InChI=1S/C11H11NO5/c1-16-10(14)7-2-3-8-9(6-7)12(4-5-13)17-11(8)15/h2-3,6,13H,4-5H2,1H3. The van der Waals surface area contributed by atoms with Gasteiger partial charge in [0.2, 0.25) is 0 Å². The van der Waals surface area contributed by atoms with Crippen LogP contribution in [0.5, 0.6) is 0 Å². The van der Waals surface area contributed by atoms with E-state index in [4.69, 9.17) is 9.63 Å². The van der Waals surface area contributed by atoms with Crippen LogP contribution in [-0.2, 0) is 11.3 Å². The monoisotopic (exact) mass is 237 g/mol. The number of aromatic nitrogens is 1. The van der Waals surface area contributed by atoms with Crippen molar-refractivity contribution < 1.29 is 19.2 Å². The highest BCUT2D eigenvalue weighted by Crippen LogP contribution is 2.14. The maximum atomic E-state index is 11.4. The van der Waals surface area contributed by atoms with Gasteiger partial charge in [0.15, 0.2) is 0 Å². The number of methoxy groups -OCH3 is 1. The summed E-state index contributed by atoms with van der Waals surface area (Å²) < 4.78 is 10.8. The highest BCUT2D eigenvalue weighted by molar-refractivity contribution is 5.94. The van der Waals surface area contributed by atoms with Gasteiger partial charge in [0.05, 0.1) is 36.7 Å². The van der Waals surface area contributed by atoms with Crippen LogP contribution in [0.3, 0.4) is 0 Å². The molecule has 0 radical (unpaired) electrons. The molecule has 0 atom stereocenters. The van der Waals surface area contributed by atoms with E-state index in [1.165, 1.54) is 30.0 Å². The van der Waals surface area contributed by atoms with E-state index in [-0.39, 0.29) is 13.2 Å². The second-order valence-electron chi connectivity index (χ2n) is 3.43. The number of aliphatic hydroxyl groups excluding tert-OH is 1. The van der Waals surface area contributed by atoms with Crippen LogP contribution in [-0.4, -0.2) is 29.5 Å². The molecule has 1 aromatic carbocycles. The molecule has 0 spiro atoms. The van der Waals surface area contributed by atoms with Crippen molar-refractivity contribution in [3.63, 3.8) is 0 Å². The van der Waals surface area contributed by atoms with Crippen molar-refractivity contribution in [1.82, 2.24) is 4.74 Å². The first kappa shape index (κ1) is 11.4. The Labute approximate surface area is 96.0 Å². The lowest BCUT2D eigenvalue weighted by Crippen LogP contribution is -2.03. The zero-order valence-corrected chi connectivity index (χ0v) is 9.17. The molecule has 6 heteroatoms. The number of nitrogens with zero attached hydrogens (tertiary/aromatic N) is 1. The van der Waals surface area contributed by atoms with E-state index in [9.17, 15) is 9.59 Å². The van der Waals surface area contributed by atoms with Crippen LogP contribution in [0.15, 0.2) is 27.5 Å². The summed E-state index contributed by atoms with van der Waals surface area (Å²) >= 11 is 0. The van der Waals surface area contributed by atoms with Gasteiger partial charge in [-0.1, -0.05) is 0 Å². The topological polar surface area (TPSA) is 81.7 Å². The molecule has 2 aromatic rings. The minimum atomic E-state index is -0.495. The molecule has 0 aliphatic carbocycles. The number of aliphatic hydroxyl groups is 1. The summed E-state index contributed by atoms with van der Waals surface area (Å²) in [6, 6.07) is 4.50. The molecule has 0 bridgehead atoms. The number of hydrogen-bond donors (Lipinski definition) is 1. The lowest BCUT2D eigenvalue weighted by molar-refractivity contribution is 0.0601. The summed E-state index contributed by atoms with van der Waals surface area (Å²) in [6.45, 7) is -0.00145. The van der Waals surface area contributed by atoms with Crippen molar-refractivity contribution in [1.29, 1.82) is 0 Å². The van der Waals surface area contributed by atoms with Crippen molar-refractivity contribution in [2.24, 2.45) is 0 Å². The van der Waals surface area contributed by atoms with Crippen molar-refractivity contribution >= 4 is 16.9 Å². The van der Waals surface area contributed by atoms with Crippen LogP contribution in [0.1, 0.15) is 10.4 Å². The van der Waals surface area contributed by atoms with Gasteiger partial charge in [0.25, 0.3) is 0 Å². The van der Waals surface area contributed by atoms with E-state index in [2.05, 4.69) is 4.74 Å². The maximum absolute atomic E-state index is 11.4. The Hall–Kier alpha value is -2.08. The Morgan fingerprint density at radius 1 is 1.53 bits per heavy atom. The van der Waals surface area contributed by atoms with Crippen molar-refractivity contribution in [3.05, 3.63) is 34.2 Å². The summed E-state index contributed by atoms with van der Waals surface area (Å²) in [6.07, 6.45) is 0. The Morgan fingerprint density at radius 3 is 2.94 bits per heavy atom. The molecule has 0 aliphatic heterocycles. The fourth-order valence-electron chi connectivity index (χ4n) is 1.61. The first-order valence-electron chi connectivity index (χ1n) is 5.00. The third-order valence-electron chi connectivity index (χ3n) is 2.40. The van der Waals surface area contributed by atoms with Gasteiger partial charge in [-0.2, -0.15) is 0 Å². The van der Waals surface area contributed by atoms with Gasteiger partial charge in [0, 0.05) is 0 Å². The third kappa shape index (κ3) is 1.94. The molecule has 0 saturated heterocycles. The zero-order chi connectivity index (χ0) is 12.4. The number of ether oxygens (including phenoxy) is 1. The fourth-order valence-corrected chi connectivity index (χ4v) is 1.61. The average molecular weight is 237 g/mol. The number of hydrogen-bond acceptors (Lipinski definition) is 5. The molecule has 0 fully saturated rings. The summed E-state index contributed by atoms with van der Waals surface area (Å²) in [5.74, 6) is -0.490. The number of esters is 1. The van der Waals surface area contributed by atoms with Gasteiger partial charge in [-0.15, -0.1) is 0 Å². The molecular weight excluding hydrogens is 226 g/mol. The minimum Gasteiger partial charge on any atom is -0.465 e. The normalized spacial score (nSPS) is 10.7. The molecule has 0 amide bonds. The zero-order valence-electron chi connectivity index (χ0n) is 9.17. The quantitative estimate of drug-likeness (QED) is 0.780. The van der Waals surface area contributed by atoms with Crippen LogP contribution in [0, 0.1) is 0 Å². The second-order valence-corrected chi connectivity index (χ2v) is 3.43. The molecule has 1 aromatic heterocycles. The predicted molar refractivity (Wildman–Crippen MR) is 58.9 cm³/mol. The maximum Gasteiger partial charge on any atom is 0.365 e. The Bertz CT molecular complexity index is 610. The lowest BCUT2D eigenvalue weighted by Gasteiger charge is -2.01. The Morgan fingerprint density at radius 2 is 2.29 bits per heavy atom. The molecular formula is C11H11NO5. The number of carbonyl (C=O) groups excluding carboxylic acids is 1. The fraction of sp³-hybridized carbons (Fsp3) is 0.273. The molecule has 1 heterocycles. The Kier molecular flexibility index (Phi) is 2.97. The van der Waals surface area contributed by atoms with Gasteiger partial charge < -0.3 is 14.4 Å². The first-order chi connectivity index (χ1) is 8.17. The summed E-state index contributed by atoms with van der Waals surface area (Å²) in [5, 5.41) is 9.21. The number of carbonyl (C=O) groups is 1. The van der Waals surface area contributed by atoms with Gasteiger partial charge in [-0.3, -0.25) is 0 Å². The molecule has 90 valence electrons. The van der Waals surface area contributed by atoms with Gasteiger partial charge >= 0.3 is 11.6 Å². The van der Waals surface area contributed by atoms with E-state index in [0.717, 1.165) is 0 Å². The summed E-state index contributed by atoms with van der Waals surface area (Å²) in [7, 11) is 1.28. The van der Waals surface area contributed by atoms with E-state index in [1.807, 2.05) is 0 Å². The van der Waals surface area contributed by atoms with Crippen LogP contribution in [0.25, 0.3) is 10.9 Å². The van der Waals surface area contributed by atoms with Gasteiger partial charge in [-0.25, -0.2) is 14.3 Å². The first-order valence-corrected chi connectivity index (χ1v) is 5.00. The predicted octanol–water partition coefficient (Wildman–Crippen LogP) is 0.373. The van der Waals surface area contributed by atoms with Crippen molar-refractivity contribution in [3.8, 4) is 0 Å². The molecule has 17 heavy (non-hydrogen) atoms. The van der Waals surface area contributed by atoms with Crippen LogP contribution in [0.4, 0.5) is 0 Å². The van der Waals surface area contributed by atoms with E-state index in [1.54, 1.807) is 0 Å². The van der Waals surface area contributed by atoms with Crippen molar-refractivity contribution in [2.45, 2.75) is 6.54 Å². The van der Waals surface area contributed by atoms with E-state index >= 15 is 0 Å². The van der Waals surface area contributed by atoms with Crippen LogP contribution >= 0.6 is 0 Å². The lowest BCUT2D eigenvalue weighted by atomic mass is 10.1. The number of fused-ring (bicyclic) bond motifs is 1. The van der Waals surface area contributed by atoms with E-state index in [0.29, 0.717) is 16.5 Å². The minimum absolute atomic E-state index is 0.156. The second kappa shape index (κ2) is 4.42. The Balaban J connectivity index is 2.62. The van der Waals surface area contributed by atoms with E-state index < -0.39 is 11.6 Å². The van der Waals surface area contributed by atoms with Crippen LogP contribution < -0.4 is 5.63 Å². The summed E-state index contributed by atoms with van der Waals surface area (Å²) in [4.78, 5) is 22.8. The third-order valence-corrected chi connectivity index (χ3v) is 2.40. The largest absolute Gasteiger partial charge is 0.465 e. The molecule has 0 aliphatic rings. The van der Waals surface area contributed by atoms with Gasteiger partial charge in [0.1, 0.15) is 0 Å². The highest BCUT2D eigenvalue weighted by atomic mass is 16.5. The molecule has 2 rings (SSSR count). The average Bonchev–Trinajstić information content (AvgIpc) is 2.65. The smallest absolute Gasteiger partial charge is 0.365 e. The van der Waals surface area contributed by atoms with Gasteiger partial charge in [-0.05, 0) is 18.2 Å². The van der Waals surface area contributed by atoms with Crippen molar-refractivity contribution in [2.75, 3.05) is 13.7 Å². The highest BCUT2D eigenvalue weighted by Gasteiger charge is 2.12. The number of benzene rings is 1. The molecule has 1 N–H and O–H groups in total. The van der Waals surface area contributed by atoms with Crippen LogP contribution in [0.2, 0.25) is 0 Å². The summed E-state index contributed by atoms with van der Waals surface area (Å²) in [5.41, 5.74) is 0.296. The molecule has 0 saturated carbocycles.